The average molecular weight is 195 g/mol. The van der Waals surface area contributed by atoms with Crippen LogP contribution in [-0.2, 0) is 0 Å². The van der Waals surface area contributed by atoms with Gasteiger partial charge in [0.25, 0.3) is 0 Å². The Balaban J connectivity index is 3.10. The Morgan fingerprint density at radius 1 is 1.43 bits per heavy atom. The van der Waals surface area contributed by atoms with Gasteiger partial charge in [0.15, 0.2) is 0 Å². The van der Waals surface area contributed by atoms with E-state index in [2.05, 4.69) is 5.92 Å². The summed E-state index contributed by atoms with van der Waals surface area (Å²) in [6, 6.07) is 1.66. The van der Waals surface area contributed by atoms with Gasteiger partial charge in [-0.3, -0.25) is 0 Å². The van der Waals surface area contributed by atoms with Gasteiger partial charge in [0, 0.05) is 24.1 Å². The lowest BCUT2D eigenvalue weighted by Crippen LogP contribution is -2.12. The van der Waals surface area contributed by atoms with Gasteiger partial charge in [-0.1, -0.05) is 0 Å². The van der Waals surface area contributed by atoms with Crippen LogP contribution in [0.15, 0.2) is 12.1 Å². The van der Waals surface area contributed by atoms with Crippen molar-refractivity contribution in [3.8, 4) is 12.3 Å². The van der Waals surface area contributed by atoms with Crippen LogP contribution in [0.1, 0.15) is 23.6 Å². The van der Waals surface area contributed by atoms with E-state index < -0.39 is 17.7 Å². The predicted octanol–water partition coefficient (Wildman–Crippen LogP) is 2.30. The van der Waals surface area contributed by atoms with Crippen molar-refractivity contribution in [3.63, 3.8) is 0 Å². The van der Waals surface area contributed by atoms with E-state index in [0.717, 1.165) is 6.07 Å². The minimum absolute atomic E-state index is 0.238. The van der Waals surface area contributed by atoms with Crippen LogP contribution in [0.2, 0.25) is 0 Å². The minimum atomic E-state index is -0.643. The molecule has 0 bridgehead atoms. The molecule has 14 heavy (non-hydrogen) atoms. The summed E-state index contributed by atoms with van der Waals surface area (Å²) in [5.74, 6) is 1.13. The molecule has 0 saturated carbocycles. The second kappa shape index (κ2) is 4.21. The lowest BCUT2D eigenvalue weighted by molar-refractivity contribution is 0.552. The molecule has 0 spiro atoms. The van der Waals surface area contributed by atoms with Gasteiger partial charge in [-0.2, -0.15) is 0 Å². The van der Waals surface area contributed by atoms with Crippen molar-refractivity contribution in [3.05, 3.63) is 34.9 Å². The Morgan fingerprint density at radius 2 is 2.07 bits per heavy atom. The topological polar surface area (TPSA) is 26.0 Å². The van der Waals surface area contributed by atoms with Crippen molar-refractivity contribution in [1.29, 1.82) is 0 Å². The van der Waals surface area contributed by atoms with Gasteiger partial charge < -0.3 is 5.73 Å². The van der Waals surface area contributed by atoms with E-state index >= 15 is 0 Å². The number of halogens is 2. The summed E-state index contributed by atoms with van der Waals surface area (Å²) < 4.78 is 26.1. The predicted molar refractivity (Wildman–Crippen MR) is 51.5 cm³/mol. The molecular weight excluding hydrogens is 184 g/mol. The van der Waals surface area contributed by atoms with Gasteiger partial charge in [0.2, 0.25) is 0 Å². The molecule has 0 heterocycles. The molecule has 1 rings (SSSR count). The Hall–Kier alpha value is -1.40. The van der Waals surface area contributed by atoms with E-state index in [1.54, 1.807) is 6.92 Å². The summed E-state index contributed by atoms with van der Waals surface area (Å²) in [6.45, 7) is 1.56. The Labute approximate surface area is 81.9 Å². The van der Waals surface area contributed by atoms with Crippen LogP contribution < -0.4 is 5.73 Å². The third kappa shape index (κ3) is 2.09. The van der Waals surface area contributed by atoms with Crippen molar-refractivity contribution in [2.75, 3.05) is 0 Å². The number of benzene rings is 1. The first-order valence-corrected chi connectivity index (χ1v) is 4.21. The molecule has 0 saturated heterocycles. The second-order valence-electron chi connectivity index (χ2n) is 3.14. The zero-order valence-electron chi connectivity index (χ0n) is 7.85. The summed E-state index contributed by atoms with van der Waals surface area (Å²) in [6.07, 6.45) is 5.30. The number of hydrogen-bond donors (Lipinski definition) is 1. The average Bonchev–Trinajstić information content (AvgIpc) is 2.11. The lowest BCUT2D eigenvalue weighted by Gasteiger charge is -2.11. The van der Waals surface area contributed by atoms with E-state index in [4.69, 9.17) is 12.2 Å². The third-order valence-corrected chi connectivity index (χ3v) is 2.02. The van der Waals surface area contributed by atoms with Crippen LogP contribution in [0.4, 0.5) is 8.78 Å². The number of aryl methyl sites for hydroxylation is 1. The van der Waals surface area contributed by atoms with E-state index in [9.17, 15) is 8.78 Å². The molecule has 1 aromatic rings. The molecule has 0 aliphatic rings. The highest BCUT2D eigenvalue weighted by Gasteiger charge is 2.12. The number of terminal acetylenes is 1. The standard InChI is InChI=1S/C11H11F2N/c1-3-4-11(14)8-5-7(2)9(12)6-10(8)13/h1,5-6,11H,4,14H2,2H3. The molecular formula is C11H11F2N. The molecule has 0 aliphatic carbocycles. The maximum atomic E-state index is 13.2. The first kappa shape index (κ1) is 10.7. The molecule has 0 aliphatic heterocycles. The SMILES string of the molecule is C#CCC(N)c1cc(C)c(F)cc1F. The highest BCUT2D eigenvalue weighted by Crippen LogP contribution is 2.20. The van der Waals surface area contributed by atoms with Crippen molar-refractivity contribution >= 4 is 0 Å². The molecule has 0 radical (unpaired) electrons. The highest BCUT2D eigenvalue weighted by atomic mass is 19.1. The zero-order chi connectivity index (χ0) is 10.7. The molecule has 1 atom stereocenters. The number of nitrogens with two attached hydrogens (primary N) is 1. The Morgan fingerprint density at radius 3 is 2.64 bits per heavy atom. The molecule has 0 fully saturated rings. The number of hydrogen-bond acceptors (Lipinski definition) is 1. The molecule has 0 aromatic heterocycles. The second-order valence-corrected chi connectivity index (χ2v) is 3.14. The van der Waals surface area contributed by atoms with Crippen LogP contribution in [-0.4, -0.2) is 0 Å². The van der Waals surface area contributed by atoms with Crippen molar-refractivity contribution in [1.82, 2.24) is 0 Å². The third-order valence-electron chi connectivity index (χ3n) is 2.02. The van der Waals surface area contributed by atoms with Crippen LogP contribution in [0.25, 0.3) is 0 Å². The summed E-state index contributed by atoms with van der Waals surface area (Å²) in [7, 11) is 0. The summed E-state index contributed by atoms with van der Waals surface area (Å²) in [4.78, 5) is 0. The fraction of sp³-hybridized carbons (Fsp3) is 0.273. The maximum absolute atomic E-state index is 13.2. The molecule has 74 valence electrons. The number of rotatable bonds is 2. The molecule has 1 nitrogen and oxygen atoms in total. The zero-order valence-corrected chi connectivity index (χ0v) is 7.85. The first-order valence-electron chi connectivity index (χ1n) is 4.21. The van der Waals surface area contributed by atoms with Gasteiger partial charge in [-0.15, -0.1) is 12.3 Å². The molecule has 2 N–H and O–H groups in total. The first-order chi connectivity index (χ1) is 6.56. The highest BCUT2D eigenvalue weighted by molar-refractivity contribution is 5.28. The Bertz CT molecular complexity index is 380. The van der Waals surface area contributed by atoms with E-state index in [1.165, 1.54) is 6.07 Å². The monoisotopic (exact) mass is 195 g/mol. The summed E-state index contributed by atoms with van der Waals surface area (Å²) in [5, 5.41) is 0. The van der Waals surface area contributed by atoms with Crippen molar-refractivity contribution in [2.45, 2.75) is 19.4 Å². The summed E-state index contributed by atoms with van der Waals surface area (Å²) in [5.41, 5.74) is 6.26. The van der Waals surface area contributed by atoms with Crippen LogP contribution in [0.5, 0.6) is 0 Å². The Kier molecular flexibility index (Phi) is 3.21. The molecule has 0 amide bonds. The van der Waals surface area contributed by atoms with Crippen molar-refractivity contribution < 1.29 is 8.78 Å². The van der Waals surface area contributed by atoms with Gasteiger partial charge in [-0.25, -0.2) is 8.78 Å². The fourth-order valence-electron chi connectivity index (χ4n) is 1.20. The van der Waals surface area contributed by atoms with Crippen molar-refractivity contribution in [2.24, 2.45) is 5.73 Å². The minimum Gasteiger partial charge on any atom is -0.323 e. The molecule has 1 aromatic carbocycles. The smallest absolute Gasteiger partial charge is 0.130 e. The fourth-order valence-corrected chi connectivity index (χ4v) is 1.20. The van der Waals surface area contributed by atoms with Gasteiger partial charge in [0.05, 0.1) is 0 Å². The van der Waals surface area contributed by atoms with Crippen LogP contribution in [0.3, 0.4) is 0 Å². The van der Waals surface area contributed by atoms with Gasteiger partial charge in [-0.05, 0) is 18.6 Å². The van der Waals surface area contributed by atoms with Crippen LogP contribution >= 0.6 is 0 Å². The van der Waals surface area contributed by atoms with E-state index in [-0.39, 0.29) is 12.0 Å². The van der Waals surface area contributed by atoms with E-state index in [0.29, 0.717) is 5.56 Å². The largest absolute Gasteiger partial charge is 0.323 e. The molecule has 1 unspecified atom stereocenters. The summed E-state index contributed by atoms with van der Waals surface area (Å²) >= 11 is 0. The van der Waals surface area contributed by atoms with Crippen LogP contribution in [0, 0.1) is 30.9 Å². The van der Waals surface area contributed by atoms with E-state index in [1.807, 2.05) is 0 Å². The quantitative estimate of drug-likeness (QED) is 0.720. The maximum Gasteiger partial charge on any atom is 0.130 e. The molecule has 3 heteroatoms. The lowest BCUT2D eigenvalue weighted by atomic mass is 10.0. The normalized spacial score (nSPS) is 12.2. The van der Waals surface area contributed by atoms with Gasteiger partial charge in [0.1, 0.15) is 11.6 Å². The van der Waals surface area contributed by atoms with Gasteiger partial charge >= 0.3 is 0 Å².